The number of hydrogen-bond acceptors (Lipinski definition) is 6. The van der Waals surface area contributed by atoms with Crippen LogP contribution in [0.15, 0.2) is 23.6 Å². The third kappa shape index (κ3) is 4.10. The van der Waals surface area contributed by atoms with Crippen LogP contribution in [0.2, 0.25) is 0 Å². The van der Waals surface area contributed by atoms with Crippen LogP contribution in [0, 0.1) is 6.92 Å². The van der Waals surface area contributed by atoms with Crippen molar-refractivity contribution >= 4 is 17.7 Å². The molecular weight excluding hydrogens is 312 g/mol. The van der Waals surface area contributed by atoms with Crippen LogP contribution in [0.25, 0.3) is 11.3 Å². The molecule has 0 amide bonds. The van der Waals surface area contributed by atoms with Crippen LogP contribution < -0.4 is 0 Å². The summed E-state index contributed by atoms with van der Waals surface area (Å²) in [4.78, 5) is 20.5. The molecule has 23 heavy (non-hydrogen) atoms. The monoisotopic (exact) mass is 336 g/mol. The molecule has 0 bridgehead atoms. The van der Waals surface area contributed by atoms with Crippen LogP contribution in [0.1, 0.15) is 33.4 Å². The number of hydrogen-bond donors (Lipinski definition) is 0. The SMILES string of the molecule is CC.COC(=O)C(C)(C)n1cc(-c2ccnc(SC)n2)c(C)n1. The van der Waals surface area contributed by atoms with Gasteiger partial charge in [-0.1, -0.05) is 25.6 Å². The van der Waals surface area contributed by atoms with Gasteiger partial charge in [0.2, 0.25) is 0 Å². The molecule has 0 aliphatic heterocycles. The lowest BCUT2D eigenvalue weighted by atomic mass is 10.1. The molecule has 126 valence electrons. The molecule has 0 fully saturated rings. The normalized spacial score (nSPS) is 10.7. The van der Waals surface area contributed by atoms with E-state index in [4.69, 9.17) is 4.74 Å². The van der Waals surface area contributed by atoms with Crippen molar-refractivity contribution in [2.45, 2.75) is 45.3 Å². The summed E-state index contributed by atoms with van der Waals surface area (Å²) < 4.78 is 6.45. The van der Waals surface area contributed by atoms with Crippen molar-refractivity contribution in [3.63, 3.8) is 0 Å². The molecule has 7 heteroatoms. The summed E-state index contributed by atoms with van der Waals surface area (Å²) in [5.74, 6) is -0.343. The van der Waals surface area contributed by atoms with Crippen molar-refractivity contribution in [1.82, 2.24) is 19.7 Å². The van der Waals surface area contributed by atoms with Crippen LogP contribution in [0.4, 0.5) is 0 Å². The molecule has 0 saturated heterocycles. The average Bonchev–Trinajstić information content (AvgIpc) is 2.98. The Kier molecular flexibility index (Phi) is 6.75. The largest absolute Gasteiger partial charge is 0.467 e. The van der Waals surface area contributed by atoms with Gasteiger partial charge in [0.05, 0.1) is 18.5 Å². The first kappa shape index (κ1) is 19.2. The fourth-order valence-electron chi connectivity index (χ4n) is 1.93. The van der Waals surface area contributed by atoms with Crippen LogP contribution in [-0.4, -0.2) is 39.1 Å². The van der Waals surface area contributed by atoms with Gasteiger partial charge in [-0.05, 0) is 33.1 Å². The van der Waals surface area contributed by atoms with Crippen molar-refractivity contribution in [2.75, 3.05) is 13.4 Å². The average molecular weight is 336 g/mol. The van der Waals surface area contributed by atoms with E-state index in [1.807, 2.05) is 39.3 Å². The number of methoxy groups -OCH3 is 1. The van der Waals surface area contributed by atoms with Crippen molar-refractivity contribution in [2.24, 2.45) is 0 Å². The zero-order valence-electron chi connectivity index (χ0n) is 14.7. The Morgan fingerprint density at radius 3 is 2.57 bits per heavy atom. The summed E-state index contributed by atoms with van der Waals surface area (Å²) in [5, 5.41) is 5.13. The maximum absolute atomic E-state index is 11.9. The van der Waals surface area contributed by atoms with Crippen LogP contribution in [0.3, 0.4) is 0 Å². The molecule has 0 aromatic carbocycles. The minimum absolute atomic E-state index is 0.343. The van der Waals surface area contributed by atoms with E-state index >= 15 is 0 Å². The van der Waals surface area contributed by atoms with Crippen LogP contribution in [-0.2, 0) is 15.1 Å². The Bertz CT molecular complexity index is 668. The first-order chi connectivity index (χ1) is 10.9. The Labute approximate surface area is 141 Å². The second kappa shape index (κ2) is 8.10. The molecule has 0 spiro atoms. The number of ether oxygens (including phenoxy) is 1. The number of carbonyl (C=O) groups is 1. The number of aromatic nitrogens is 4. The van der Waals surface area contributed by atoms with Gasteiger partial charge in [-0.25, -0.2) is 14.8 Å². The number of rotatable bonds is 4. The van der Waals surface area contributed by atoms with E-state index in [9.17, 15) is 4.79 Å². The molecule has 2 rings (SSSR count). The van der Waals surface area contributed by atoms with Crippen molar-refractivity contribution in [3.8, 4) is 11.3 Å². The summed E-state index contributed by atoms with van der Waals surface area (Å²) in [6, 6.07) is 1.83. The quantitative estimate of drug-likeness (QED) is 0.485. The number of esters is 1. The van der Waals surface area contributed by atoms with E-state index in [0.29, 0.717) is 5.16 Å². The lowest BCUT2D eigenvalue weighted by molar-refractivity contribution is -0.150. The highest BCUT2D eigenvalue weighted by molar-refractivity contribution is 7.98. The molecule has 0 unspecified atom stereocenters. The molecule has 0 N–H and O–H groups in total. The summed E-state index contributed by atoms with van der Waals surface area (Å²) in [6.45, 7) is 9.42. The molecule has 6 nitrogen and oxygen atoms in total. The molecule has 2 aromatic rings. The highest BCUT2D eigenvalue weighted by atomic mass is 32.2. The van der Waals surface area contributed by atoms with Gasteiger partial charge in [0.1, 0.15) is 0 Å². The van der Waals surface area contributed by atoms with Gasteiger partial charge in [-0.15, -0.1) is 0 Å². The Hall–Kier alpha value is -1.89. The van der Waals surface area contributed by atoms with E-state index in [1.165, 1.54) is 18.9 Å². The molecule has 2 aromatic heterocycles. The number of thioether (sulfide) groups is 1. The predicted octanol–water partition coefficient (Wildman–Crippen LogP) is 3.30. The van der Waals surface area contributed by atoms with E-state index in [1.54, 1.807) is 24.7 Å². The smallest absolute Gasteiger partial charge is 0.333 e. The first-order valence-corrected chi connectivity index (χ1v) is 8.65. The van der Waals surface area contributed by atoms with Gasteiger partial charge >= 0.3 is 5.97 Å². The Balaban J connectivity index is 0.00000127. The summed E-state index contributed by atoms with van der Waals surface area (Å²) in [7, 11) is 1.37. The summed E-state index contributed by atoms with van der Waals surface area (Å²) in [5.41, 5.74) is 1.61. The molecule has 2 heterocycles. The lowest BCUT2D eigenvalue weighted by Gasteiger charge is -2.21. The molecule has 0 atom stereocenters. The van der Waals surface area contributed by atoms with Crippen LogP contribution in [0.5, 0.6) is 0 Å². The minimum atomic E-state index is -0.868. The van der Waals surface area contributed by atoms with Crippen molar-refractivity contribution < 1.29 is 9.53 Å². The highest BCUT2D eigenvalue weighted by Crippen LogP contribution is 2.25. The van der Waals surface area contributed by atoms with Gasteiger partial charge in [-0.3, -0.25) is 4.68 Å². The lowest BCUT2D eigenvalue weighted by Crippen LogP contribution is -2.37. The molecular formula is C16H24N4O2S. The first-order valence-electron chi connectivity index (χ1n) is 7.42. The highest BCUT2D eigenvalue weighted by Gasteiger charge is 2.32. The third-order valence-electron chi connectivity index (χ3n) is 3.25. The maximum atomic E-state index is 11.9. The second-order valence-electron chi connectivity index (χ2n) is 5.05. The van der Waals surface area contributed by atoms with E-state index < -0.39 is 5.54 Å². The Morgan fingerprint density at radius 1 is 1.35 bits per heavy atom. The zero-order valence-corrected chi connectivity index (χ0v) is 15.6. The molecule has 0 aliphatic rings. The van der Waals surface area contributed by atoms with Crippen molar-refractivity contribution in [3.05, 3.63) is 24.2 Å². The van der Waals surface area contributed by atoms with Gasteiger partial charge in [0, 0.05) is 18.0 Å². The maximum Gasteiger partial charge on any atom is 0.333 e. The van der Waals surface area contributed by atoms with E-state index in [-0.39, 0.29) is 5.97 Å². The summed E-state index contributed by atoms with van der Waals surface area (Å²) in [6.07, 6.45) is 5.46. The predicted molar refractivity (Wildman–Crippen MR) is 92.5 cm³/mol. The van der Waals surface area contributed by atoms with Gasteiger partial charge in [-0.2, -0.15) is 5.10 Å². The zero-order chi connectivity index (χ0) is 17.6. The number of nitrogens with zero attached hydrogens (tertiary/aromatic N) is 4. The standard InChI is InChI=1S/C14H18N4O2S.C2H6/c1-9-10(11-6-7-15-13(16-11)21-5)8-18(17-9)14(2,3)12(19)20-4;1-2/h6-8H,1-5H3;1-2H3. The van der Waals surface area contributed by atoms with E-state index in [2.05, 4.69) is 15.1 Å². The van der Waals surface area contributed by atoms with Crippen LogP contribution >= 0.6 is 11.8 Å². The number of carbonyl (C=O) groups excluding carboxylic acids is 1. The van der Waals surface area contributed by atoms with Gasteiger partial charge < -0.3 is 4.74 Å². The van der Waals surface area contributed by atoms with Crippen molar-refractivity contribution in [1.29, 1.82) is 0 Å². The Morgan fingerprint density at radius 2 is 2.00 bits per heavy atom. The fourth-order valence-corrected chi connectivity index (χ4v) is 2.29. The third-order valence-corrected chi connectivity index (χ3v) is 3.81. The topological polar surface area (TPSA) is 69.9 Å². The van der Waals surface area contributed by atoms with Gasteiger partial charge in [0.15, 0.2) is 10.7 Å². The second-order valence-corrected chi connectivity index (χ2v) is 5.83. The minimum Gasteiger partial charge on any atom is -0.467 e. The molecule has 0 aliphatic carbocycles. The van der Waals surface area contributed by atoms with Gasteiger partial charge in [0.25, 0.3) is 0 Å². The van der Waals surface area contributed by atoms with E-state index in [0.717, 1.165) is 17.0 Å². The summed E-state index contributed by atoms with van der Waals surface area (Å²) >= 11 is 1.48. The fraction of sp³-hybridized carbons (Fsp3) is 0.500. The molecule has 0 saturated carbocycles. The number of aryl methyl sites for hydroxylation is 1. The molecule has 0 radical (unpaired) electrons.